The highest BCUT2D eigenvalue weighted by Crippen LogP contribution is 2.31. The van der Waals surface area contributed by atoms with Gasteiger partial charge in [-0.1, -0.05) is 24.4 Å². The maximum atomic E-state index is 5.39. The number of nitrogens with zero attached hydrogens (tertiary/aromatic N) is 3. The molecule has 1 saturated carbocycles. The molecule has 1 aliphatic heterocycles. The van der Waals surface area contributed by atoms with Crippen LogP contribution in [0.25, 0.3) is 0 Å². The second kappa shape index (κ2) is 5.04. The normalized spacial score (nSPS) is 22.9. The summed E-state index contributed by atoms with van der Waals surface area (Å²) in [4.78, 5) is 6.75. The maximum Gasteiger partial charge on any atom is 0.324 e. The summed E-state index contributed by atoms with van der Waals surface area (Å²) < 4.78 is 5.39. The Morgan fingerprint density at radius 2 is 1.88 bits per heavy atom. The summed E-state index contributed by atoms with van der Waals surface area (Å²) in [6.07, 6.45) is 6.42. The smallest absolute Gasteiger partial charge is 0.322 e. The molecule has 0 unspecified atom stereocenters. The molecule has 2 heterocycles. The Hall–Kier alpha value is -1.10. The SMILES string of the molecule is C1CCC(c2noc(N3CCNCC3)n2)CC1. The molecule has 1 aromatic rings. The average molecular weight is 236 g/mol. The van der Waals surface area contributed by atoms with Crippen LogP contribution in [0.3, 0.4) is 0 Å². The Morgan fingerprint density at radius 3 is 2.65 bits per heavy atom. The van der Waals surface area contributed by atoms with Gasteiger partial charge in [-0.25, -0.2) is 0 Å². The van der Waals surface area contributed by atoms with E-state index in [1.165, 1.54) is 32.1 Å². The molecule has 1 aromatic heterocycles. The monoisotopic (exact) mass is 236 g/mol. The van der Waals surface area contributed by atoms with E-state index in [4.69, 9.17) is 4.52 Å². The van der Waals surface area contributed by atoms with E-state index in [1.807, 2.05) is 0 Å². The predicted molar refractivity (Wildman–Crippen MR) is 65.2 cm³/mol. The number of aromatic nitrogens is 2. The molecule has 0 atom stereocenters. The van der Waals surface area contributed by atoms with Crippen molar-refractivity contribution in [2.45, 2.75) is 38.0 Å². The molecule has 0 bridgehead atoms. The van der Waals surface area contributed by atoms with Gasteiger partial charge >= 0.3 is 6.01 Å². The molecule has 5 heteroatoms. The van der Waals surface area contributed by atoms with Crippen LogP contribution in [0.2, 0.25) is 0 Å². The van der Waals surface area contributed by atoms with Crippen molar-refractivity contribution in [3.63, 3.8) is 0 Å². The summed E-state index contributed by atoms with van der Waals surface area (Å²) in [6.45, 7) is 3.93. The lowest BCUT2D eigenvalue weighted by molar-refractivity contribution is 0.375. The summed E-state index contributed by atoms with van der Waals surface area (Å²) in [7, 11) is 0. The van der Waals surface area contributed by atoms with E-state index in [-0.39, 0.29) is 0 Å². The fraction of sp³-hybridized carbons (Fsp3) is 0.833. The van der Waals surface area contributed by atoms with Crippen molar-refractivity contribution in [2.24, 2.45) is 0 Å². The van der Waals surface area contributed by atoms with Crippen LogP contribution in [0.15, 0.2) is 4.52 Å². The van der Waals surface area contributed by atoms with Gasteiger partial charge in [0.15, 0.2) is 5.82 Å². The van der Waals surface area contributed by atoms with Crippen LogP contribution >= 0.6 is 0 Å². The van der Waals surface area contributed by atoms with E-state index in [9.17, 15) is 0 Å². The third-order valence-corrected chi connectivity index (χ3v) is 3.79. The van der Waals surface area contributed by atoms with Gasteiger partial charge in [-0.15, -0.1) is 0 Å². The Balaban J connectivity index is 1.68. The first-order valence-corrected chi connectivity index (χ1v) is 6.73. The number of rotatable bonds is 2. The third-order valence-electron chi connectivity index (χ3n) is 3.79. The predicted octanol–water partition coefficient (Wildman–Crippen LogP) is 1.53. The van der Waals surface area contributed by atoms with Crippen molar-refractivity contribution in [3.8, 4) is 0 Å². The summed E-state index contributed by atoms with van der Waals surface area (Å²) >= 11 is 0. The first-order valence-electron chi connectivity index (χ1n) is 6.73. The Labute approximate surface area is 102 Å². The lowest BCUT2D eigenvalue weighted by Gasteiger charge is -2.25. The van der Waals surface area contributed by atoms with Gasteiger partial charge in [0.25, 0.3) is 0 Å². The zero-order valence-corrected chi connectivity index (χ0v) is 10.2. The molecule has 5 nitrogen and oxygen atoms in total. The number of hydrogen-bond donors (Lipinski definition) is 1. The molecule has 2 aliphatic rings. The highest BCUT2D eigenvalue weighted by Gasteiger charge is 2.23. The van der Waals surface area contributed by atoms with Crippen molar-refractivity contribution in [2.75, 3.05) is 31.1 Å². The zero-order chi connectivity index (χ0) is 11.5. The molecule has 1 aliphatic carbocycles. The van der Waals surface area contributed by atoms with Crippen molar-refractivity contribution in [1.29, 1.82) is 0 Å². The summed E-state index contributed by atoms with van der Waals surface area (Å²) in [5.41, 5.74) is 0. The number of nitrogens with one attached hydrogen (secondary N) is 1. The Kier molecular flexibility index (Phi) is 3.27. The summed E-state index contributed by atoms with van der Waals surface area (Å²) in [5.74, 6) is 1.46. The van der Waals surface area contributed by atoms with Crippen LogP contribution in [0, 0.1) is 0 Å². The van der Waals surface area contributed by atoms with Crippen LogP contribution in [0.5, 0.6) is 0 Å². The first kappa shape index (κ1) is 11.0. The topological polar surface area (TPSA) is 54.2 Å². The average Bonchev–Trinajstić information content (AvgIpc) is 2.90. The molecule has 17 heavy (non-hydrogen) atoms. The molecular weight excluding hydrogens is 216 g/mol. The van der Waals surface area contributed by atoms with Gasteiger partial charge in [0, 0.05) is 32.1 Å². The Morgan fingerprint density at radius 1 is 1.12 bits per heavy atom. The van der Waals surface area contributed by atoms with Gasteiger partial charge in [-0.3, -0.25) is 0 Å². The largest absolute Gasteiger partial charge is 0.324 e. The van der Waals surface area contributed by atoms with Crippen LogP contribution in [-0.2, 0) is 0 Å². The number of anilines is 1. The lowest BCUT2D eigenvalue weighted by atomic mass is 9.89. The highest BCUT2D eigenvalue weighted by molar-refractivity contribution is 5.26. The highest BCUT2D eigenvalue weighted by atomic mass is 16.5. The van der Waals surface area contributed by atoms with Crippen molar-refractivity contribution < 1.29 is 4.52 Å². The first-order chi connectivity index (χ1) is 8.43. The van der Waals surface area contributed by atoms with E-state index in [0.29, 0.717) is 11.9 Å². The van der Waals surface area contributed by atoms with E-state index in [2.05, 4.69) is 20.4 Å². The molecule has 1 N–H and O–H groups in total. The minimum absolute atomic E-state index is 0.532. The standard InChI is InChI=1S/C12H20N4O/c1-2-4-10(5-3-1)11-14-12(17-15-11)16-8-6-13-7-9-16/h10,13H,1-9H2. The van der Waals surface area contributed by atoms with Crippen LogP contribution in [0.1, 0.15) is 43.8 Å². The van der Waals surface area contributed by atoms with E-state index in [1.54, 1.807) is 0 Å². The molecule has 0 aromatic carbocycles. The fourth-order valence-corrected chi connectivity index (χ4v) is 2.74. The van der Waals surface area contributed by atoms with Gasteiger partial charge in [-0.05, 0) is 12.8 Å². The Bertz CT molecular complexity index is 321. The molecule has 0 amide bonds. The third kappa shape index (κ3) is 2.44. The number of piperazine rings is 1. The van der Waals surface area contributed by atoms with Crippen molar-refractivity contribution >= 4 is 6.01 Å². The quantitative estimate of drug-likeness (QED) is 0.844. The van der Waals surface area contributed by atoms with Gasteiger partial charge in [0.05, 0.1) is 0 Å². The summed E-state index contributed by atoms with van der Waals surface area (Å²) in [6, 6.07) is 0.715. The van der Waals surface area contributed by atoms with Crippen LogP contribution < -0.4 is 10.2 Å². The molecule has 94 valence electrons. The molecule has 3 rings (SSSR count). The molecular formula is C12H20N4O. The molecule has 0 spiro atoms. The van der Waals surface area contributed by atoms with E-state index in [0.717, 1.165) is 32.0 Å². The lowest BCUT2D eigenvalue weighted by Crippen LogP contribution is -2.43. The van der Waals surface area contributed by atoms with Crippen LogP contribution in [0.4, 0.5) is 6.01 Å². The molecule has 1 saturated heterocycles. The summed E-state index contributed by atoms with van der Waals surface area (Å²) in [5, 5.41) is 7.49. The van der Waals surface area contributed by atoms with Crippen LogP contribution in [-0.4, -0.2) is 36.3 Å². The second-order valence-corrected chi connectivity index (χ2v) is 5.01. The van der Waals surface area contributed by atoms with E-state index >= 15 is 0 Å². The van der Waals surface area contributed by atoms with Gasteiger partial charge < -0.3 is 14.7 Å². The van der Waals surface area contributed by atoms with E-state index < -0.39 is 0 Å². The van der Waals surface area contributed by atoms with Crippen molar-refractivity contribution in [3.05, 3.63) is 5.82 Å². The minimum atomic E-state index is 0.532. The van der Waals surface area contributed by atoms with Gasteiger partial charge in [-0.2, -0.15) is 4.98 Å². The maximum absolute atomic E-state index is 5.39. The van der Waals surface area contributed by atoms with Crippen molar-refractivity contribution in [1.82, 2.24) is 15.5 Å². The second-order valence-electron chi connectivity index (χ2n) is 5.01. The fourth-order valence-electron chi connectivity index (χ4n) is 2.74. The van der Waals surface area contributed by atoms with Gasteiger partial charge in [0.2, 0.25) is 0 Å². The molecule has 2 fully saturated rings. The van der Waals surface area contributed by atoms with Gasteiger partial charge in [0.1, 0.15) is 0 Å². The molecule has 0 radical (unpaired) electrons. The minimum Gasteiger partial charge on any atom is -0.322 e. The zero-order valence-electron chi connectivity index (χ0n) is 10.2. The number of hydrogen-bond acceptors (Lipinski definition) is 5.